The molecule has 2 heterocycles. The van der Waals surface area contributed by atoms with E-state index >= 15 is 0 Å². The van der Waals surface area contributed by atoms with E-state index in [2.05, 4.69) is 23.5 Å². The Morgan fingerprint density at radius 2 is 2.05 bits per heavy atom. The Morgan fingerprint density at radius 3 is 2.63 bits per heavy atom. The minimum Gasteiger partial charge on any atom is -0.383 e. The highest BCUT2D eigenvalue weighted by Crippen LogP contribution is 2.26. The van der Waals surface area contributed by atoms with Crippen molar-refractivity contribution < 1.29 is 0 Å². The van der Waals surface area contributed by atoms with Crippen LogP contribution < -0.4 is 5.73 Å². The van der Waals surface area contributed by atoms with Crippen molar-refractivity contribution >= 4 is 5.82 Å². The van der Waals surface area contributed by atoms with Gasteiger partial charge in [-0.3, -0.25) is 4.68 Å². The molecule has 5 nitrogen and oxygen atoms in total. The minimum absolute atomic E-state index is 0.768. The molecule has 0 saturated carbocycles. The van der Waals surface area contributed by atoms with E-state index in [4.69, 9.17) is 10.7 Å². The summed E-state index contributed by atoms with van der Waals surface area (Å²) >= 11 is 0. The summed E-state index contributed by atoms with van der Waals surface area (Å²) in [6.07, 6.45) is 8.11. The van der Waals surface area contributed by atoms with Crippen molar-refractivity contribution in [2.45, 2.75) is 46.1 Å². The van der Waals surface area contributed by atoms with Crippen molar-refractivity contribution in [3.05, 3.63) is 18.2 Å². The summed E-state index contributed by atoms with van der Waals surface area (Å²) in [5.74, 6) is 1.86. The quantitative estimate of drug-likeness (QED) is 0.869. The maximum atomic E-state index is 6.28. The Bertz CT molecular complexity index is 538. The third kappa shape index (κ3) is 2.80. The third-order valence-corrected chi connectivity index (χ3v) is 3.27. The van der Waals surface area contributed by atoms with Gasteiger partial charge in [-0.05, 0) is 12.8 Å². The van der Waals surface area contributed by atoms with Crippen LogP contribution in [0.5, 0.6) is 0 Å². The second-order valence-electron chi connectivity index (χ2n) is 4.92. The number of imidazole rings is 1. The van der Waals surface area contributed by atoms with E-state index in [1.165, 1.54) is 0 Å². The molecular formula is C14H23N5. The van der Waals surface area contributed by atoms with Crippen molar-refractivity contribution in [3.63, 3.8) is 0 Å². The van der Waals surface area contributed by atoms with Crippen LogP contribution in [0.2, 0.25) is 0 Å². The monoisotopic (exact) mass is 261 g/mol. The number of rotatable bonds is 6. The third-order valence-electron chi connectivity index (χ3n) is 3.27. The zero-order chi connectivity index (χ0) is 13.8. The van der Waals surface area contributed by atoms with Crippen LogP contribution in [-0.2, 0) is 20.0 Å². The molecule has 0 aliphatic rings. The van der Waals surface area contributed by atoms with Gasteiger partial charge in [0.15, 0.2) is 0 Å². The zero-order valence-corrected chi connectivity index (χ0v) is 12.1. The fraction of sp³-hybridized carbons (Fsp3) is 0.571. The van der Waals surface area contributed by atoms with Gasteiger partial charge in [0, 0.05) is 31.8 Å². The first-order chi connectivity index (χ1) is 9.17. The summed E-state index contributed by atoms with van der Waals surface area (Å²) in [6, 6.07) is 0. The summed E-state index contributed by atoms with van der Waals surface area (Å²) in [4.78, 5) is 4.72. The van der Waals surface area contributed by atoms with Gasteiger partial charge in [0.2, 0.25) is 0 Å². The van der Waals surface area contributed by atoms with E-state index in [0.29, 0.717) is 0 Å². The molecule has 2 aromatic rings. The number of nitrogen functional groups attached to an aromatic ring is 1. The summed E-state index contributed by atoms with van der Waals surface area (Å²) in [6.45, 7) is 5.30. The standard InChI is InChI=1S/C14H23N5/c1-4-6-8-19-12(7-5-2)17-13(14(19)15)11-9-16-18(3)10-11/h9-10H,4-8,15H2,1-3H3. The summed E-state index contributed by atoms with van der Waals surface area (Å²) in [7, 11) is 1.90. The van der Waals surface area contributed by atoms with Crippen LogP contribution in [0.4, 0.5) is 5.82 Å². The van der Waals surface area contributed by atoms with Gasteiger partial charge in [-0.25, -0.2) is 4.98 Å². The van der Waals surface area contributed by atoms with Crippen LogP contribution in [0.1, 0.15) is 38.9 Å². The molecule has 2 aromatic heterocycles. The van der Waals surface area contributed by atoms with E-state index in [9.17, 15) is 0 Å². The van der Waals surface area contributed by atoms with Crippen LogP contribution >= 0.6 is 0 Å². The van der Waals surface area contributed by atoms with Crippen molar-refractivity contribution in [1.82, 2.24) is 19.3 Å². The molecule has 2 rings (SSSR count). The predicted molar refractivity (Wildman–Crippen MR) is 77.7 cm³/mol. The molecular weight excluding hydrogens is 238 g/mol. The van der Waals surface area contributed by atoms with Gasteiger partial charge in [-0.1, -0.05) is 20.3 Å². The molecule has 0 aliphatic carbocycles. The molecule has 0 unspecified atom stereocenters. The fourth-order valence-corrected chi connectivity index (χ4v) is 2.25. The topological polar surface area (TPSA) is 61.7 Å². The van der Waals surface area contributed by atoms with Gasteiger partial charge in [0.1, 0.15) is 17.3 Å². The molecule has 0 saturated heterocycles. The molecule has 0 atom stereocenters. The van der Waals surface area contributed by atoms with E-state index in [1.54, 1.807) is 4.68 Å². The van der Waals surface area contributed by atoms with Gasteiger partial charge in [0.05, 0.1) is 6.20 Å². The highest BCUT2D eigenvalue weighted by molar-refractivity contribution is 5.69. The Balaban J connectivity index is 2.39. The van der Waals surface area contributed by atoms with Crippen molar-refractivity contribution in [3.8, 4) is 11.3 Å². The summed E-state index contributed by atoms with van der Waals surface area (Å²) in [5.41, 5.74) is 8.14. The van der Waals surface area contributed by atoms with E-state index in [-0.39, 0.29) is 0 Å². The molecule has 0 amide bonds. The van der Waals surface area contributed by atoms with Crippen molar-refractivity contribution in [2.75, 3.05) is 5.73 Å². The molecule has 0 aliphatic heterocycles. The first kappa shape index (κ1) is 13.6. The van der Waals surface area contributed by atoms with E-state index in [1.807, 2.05) is 19.4 Å². The van der Waals surface area contributed by atoms with Crippen molar-refractivity contribution in [1.29, 1.82) is 0 Å². The number of unbranched alkanes of at least 4 members (excludes halogenated alkanes) is 1. The predicted octanol–water partition coefficient (Wildman–Crippen LogP) is 2.62. The molecule has 0 aromatic carbocycles. The number of hydrogen-bond donors (Lipinski definition) is 1. The SMILES string of the molecule is CCCCn1c(CCC)nc(-c2cnn(C)c2)c1N. The molecule has 0 bridgehead atoms. The fourth-order valence-electron chi connectivity index (χ4n) is 2.25. The Labute approximate surface area is 114 Å². The normalized spacial score (nSPS) is 11.1. The largest absolute Gasteiger partial charge is 0.383 e. The number of aryl methyl sites for hydroxylation is 2. The van der Waals surface area contributed by atoms with Crippen LogP contribution in [0, 0.1) is 0 Å². The number of aromatic nitrogens is 4. The number of nitrogens with zero attached hydrogens (tertiary/aromatic N) is 4. The first-order valence-corrected chi connectivity index (χ1v) is 7.01. The van der Waals surface area contributed by atoms with Crippen LogP contribution in [-0.4, -0.2) is 19.3 Å². The van der Waals surface area contributed by atoms with E-state index in [0.717, 1.165) is 55.1 Å². The second-order valence-corrected chi connectivity index (χ2v) is 4.92. The smallest absolute Gasteiger partial charge is 0.131 e. The van der Waals surface area contributed by atoms with Crippen molar-refractivity contribution in [2.24, 2.45) is 7.05 Å². The maximum Gasteiger partial charge on any atom is 0.131 e. The Kier molecular flexibility index (Phi) is 4.24. The number of nitrogens with two attached hydrogens (primary N) is 1. The van der Waals surface area contributed by atoms with Crippen LogP contribution in [0.25, 0.3) is 11.3 Å². The van der Waals surface area contributed by atoms with Crippen LogP contribution in [0.15, 0.2) is 12.4 Å². The lowest BCUT2D eigenvalue weighted by Gasteiger charge is -2.08. The molecule has 5 heteroatoms. The minimum atomic E-state index is 0.768. The summed E-state index contributed by atoms with van der Waals surface area (Å²) < 4.78 is 3.94. The van der Waals surface area contributed by atoms with Gasteiger partial charge >= 0.3 is 0 Å². The Hall–Kier alpha value is -1.78. The molecule has 19 heavy (non-hydrogen) atoms. The number of hydrogen-bond acceptors (Lipinski definition) is 3. The molecule has 0 radical (unpaired) electrons. The lowest BCUT2D eigenvalue weighted by atomic mass is 10.2. The molecule has 2 N–H and O–H groups in total. The molecule has 0 fully saturated rings. The maximum absolute atomic E-state index is 6.28. The first-order valence-electron chi connectivity index (χ1n) is 7.01. The average Bonchev–Trinajstić information content (AvgIpc) is 2.93. The van der Waals surface area contributed by atoms with Gasteiger partial charge in [-0.15, -0.1) is 0 Å². The lowest BCUT2D eigenvalue weighted by molar-refractivity contribution is 0.604. The molecule has 104 valence electrons. The Morgan fingerprint density at radius 1 is 1.26 bits per heavy atom. The number of anilines is 1. The summed E-state index contributed by atoms with van der Waals surface area (Å²) in [5, 5.41) is 4.19. The van der Waals surface area contributed by atoms with Gasteiger partial charge in [0.25, 0.3) is 0 Å². The van der Waals surface area contributed by atoms with Gasteiger partial charge < -0.3 is 10.3 Å². The van der Waals surface area contributed by atoms with Gasteiger partial charge in [-0.2, -0.15) is 5.10 Å². The average molecular weight is 261 g/mol. The van der Waals surface area contributed by atoms with E-state index < -0.39 is 0 Å². The molecule has 0 spiro atoms. The second kappa shape index (κ2) is 5.91. The highest BCUT2D eigenvalue weighted by atomic mass is 15.2. The lowest BCUT2D eigenvalue weighted by Crippen LogP contribution is -2.07. The zero-order valence-electron chi connectivity index (χ0n) is 12.1. The highest BCUT2D eigenvalue weighted by Gasteiger charge is 2.16. The van der Waals surface area contributed by atoms with Crippen LogP contribution in [0.3, 0.4) is 0 Å².